The third-order valence-corrected chi connectivity index (χ3v) is 4.94. The Morgan fingerprint density at radius 2 is 2.00 bits per heavy atom. The molecule has 1 aliphatic heterocycles. The number of nitriles is 1. The molecule has 0 unspecified atom stereocenters. The predicted molar refractivity (Wildman–Crippen MR) is 67.6 cm³/mol. The molecular weight excluding hydrogens is 321 g/mol. The number of rotatable bonds is 2. The average Bonchev–Trinajstić information content (AvgIpc) is 3.00. The van der Waals surface area contributed by atoms with Crippen LogP contribution >= 0.6 is 0 Å². The van der Waals surface area contributed by atoms with Gasteiger partial charge in [0.1, 0.15) is 0 Å². The van der Waals surface area contributed by atoms with Crippen LogP contribution in [0.2, 0.25) is 0 Å². The zero-order chi connectivity index (χ0) is 17.2. The van der Waals surface area contributed by atoms with E-state index in [9.17, 15) is 22.0 Å². The molecule has 0 spiro atoms. The number of methoxy groups -OCH3 is 1. The Bertz CT molecular complexity index is 713. The SMILES string of the molecule is COc1c([C@H]2[C@H](C#N)O[C@]3(C(F)(F)F)C[C@]23C)ccc(F)c1F. The van der Waals surface area contributed by atoms with E-state index in [1.54, 1.807) is 6.07 Å². The first-order valence-electron chi connectivity index (χ1n) is 6.79. The first-order chi connectivity index (χ1) is 10.6. The summed E-state index contributed by atoms with van der Waals surface area (Å²) in [7, 11) is 1.09. The highest BCUT2D eigenvalue weighted by molar-refractivity contribution is 5.46. The Labute approximate surface area is 128 Å². The number of benzene rings is 1. The fraction of sp³-hybridized carbons (Fsp3) is 0.533. The summed E-state index contributed by atoms with van der Waals surface area (Å²) in [6.07, 6.45) is -6.42. The van der Waals surface area contributed by atoms with Crippen molar-refractivity contribution < 1.29 is 31.4 Å². The van der Waals surface area contributed by atoms with E-state index in [0.717, 1.165) is 19.2 Å². The molecule has 1 heterocycles. The molecule has 4 atom stereocenters. The van der Waals surface area contributed by atoms with Crippen LogP contribution in [0.3, 0.4) is 0 Å². The molecule has 1 saturated heterocycles. The van der Waals surface area contributed by atoms with E-state index < -0.39 is 46.6 Å². The van der Waals surface area contributed by atoms with Gasteiger partial charge >= 0.3 is 6.18 Å². The third kappa shape index (κ3) is 1.83. The van der Waals surface area contributed by atoms with Gasteiger partial charge in [-0.05, 0) is 12.5 Å². The monoisotopic (exact) mass is 333 g/mol. The van der Waals surface area contributed by atoms with Gasteiger partial charge in [-0.15, -0.1) is 0 Å². The Morgan fingerprint density at radius 3 is 2.52 bits per heavy atom. The summed E-state index contributed by atoms with van der Waals surface area (Å²) in [4.78, 5) is 0. The van der Waals surface area contributed by atoms with E-state index in [4.69, 9.17) is 14.7 Å². The van der Waals surface area contributed by atoms with Crippen molar-refractivity contribution in [2.45, 2.75) is 37.1 Å². The molecule has 124 valence electrons. The highest BCUT2D eigenvalue weighted by Gasteiger charge is 2.86. The lowest BCUT2D eigenvalue weighted by Gasteiger charge is -2.23. The van der Waals surface area contributed by atoms with Gasteiger partial charge < -0.3 is 9.47 Å². The number of fused-ring (bicyclic) bond motifs is 1. The smallest absolute Gasteiger partial charge is 0.418 e. The lowest BCUT2D eigenvalue weighted by Crippen LogP contribution is -2.36. The fourth-order valence-electron chi connectivity index (χ4n) is 3.73. The van der Waals surface area contributed by atoms with Crippen LogP contribution in [-0.4, -0.2) is 25.0 Å². The summed E-state index contributed by atoms with van der Waals surface area (Å²) < 4.78 is 77.2. The van der Waals surface area contributed by atoms with Crippen molar-refractivity contribution in [3.8, 4) is 11.8 Å². The van der Waals surface area contributed by atoms with Gasteiger partial charge in [0.05, 0.1) is 13.2 Å². The molecule has 1 aliphatic carbocycles. The van der Waals surface area contributed by atoms with Crippen LogP contribution in [0.5, 0.6) is 5.75 Å². The molecule has 1 aromatic carbocycles. The summed E-state index contributed by atoms with van der Waals surface area (Å²) >= 11 is 0. The van der Waals surface area contributed by atoms with Crippen LogP contribution in [0.15, 0.2) is 12.1 Å². The summed E-state index contributed by atoms with van der Waals surface area (Å²) in [6.45, 7) is 1.34. The van der Waals surface area contributed by atoms with Crippen LogP contribution in [-0.2, 0) is 4.74 Å². The molecule has 0 radical (unpaired) electrons. The Hall–Kier alpha value is -1.88. The zero-order valence-corrected chi connectivity index (χ0v) is 12.2. The molecule has 0 aromatic heterocycles. The summed E-state index contributed by atoms with van der Waals surface area (Å²) in [5, 5.41) is 9.17. The van der Waals surface area contributed by atoms with E-state index in [1.807, 2.05) is 0 Å². The summed E-state index contributed by atoms with van der Waals surface area (Å²) in [5.41, 5.74) is -3.85. The number of alkyl halides is 3. The van der Waals surface area contributed by atoms with Crippen molar-refractivity contribution in [1.82, 2.24) is 0 Å². The minimum absolute atomic E-state index is 0.00377. The van der Waals surface area contributed by atoms with Gasteiger partial charge in [0.2, 0.25) is 5.82 Å². The molecule has 1 saturated carbocycles. The third-order valence-electron chi connectivity index (χ3n) is 4.94. The van der Waals surface area contributed by atoms with Crippen LogP contribution in [0, 0.1) is 28.4 Å². The fourth-order valence-corrected chi connectivity index (χ4v) is 3.73. The second kappa shape index (κ2) is 4.57. The Balaban J connectivity index is 2.14. The second-order valence-corrected chi connectivity index (χ2v) is 6.05. The number of hydrogen-bond acceptors (Lipinski definition) is 3. The molecule has 0 amide bonds. The lowest BCUT2D eigenvalue weighted by molar-refractivity contribution is -0.237. The molecule has 0 bridgehead atoms. The molecule has 3 rings (SSSR count). The largest absolute Gasteiger partial charge is 0.493 e. The molecular formula is C15H12F5NO2. The van der Waals surface area contributed by atoms with E-state index in [-0.39, 0.29) is 12.0 Å². The molecule has 8 heteroatoms. The standard InChI is InChI=1S/C15H12F5NO2/c1-13-6-14(13,15(18,19)20)23-9(5-21)10(13)7-3-4-8(16)11(17)12(7)22-2/h3-4,9-10H,6H2,1-2H3/t9-,10-,13+,14+/m0/s1. The van der Waals surface area contributed by atoms with Crippen LogP contribution in [0.4, 0.5) is 22.0 Å². The van der Waals surface area contributed by atoms with E-state index >= 15 is 0 Å². The van der Waals surface area contributed by atoms with E-state index in [1.165, 1.54) is 6.92 Å². The minimum atomic E-state index is -4.66. The van der Waals surface area contributed by atoms with Gasteiger partial charge in [0.15, 0.2) is 23.3 Å². The maximum atomic E-state index is 13.9. The maximum absolute atomic E-state index is 13.9. The molecule has 3 nitrogen and oxygen atoms in total. The van der Waals surface area contributed by atoms with E-state index in [0.29, 0.717) is 0 Å². The number of halogens is 5. The normalized spacial score (nSPS) is 35.6. The summed E-state index contributed by atoms with van der Waals surface area (Å²) in [6, 6.07) is 3.64. The van der Waals surface area contributed by atoms with Gasteiger partial charge in [-0.2, -0.15) is 22.8 Å². The average molecular weight is 333 g/mol. The van der Waals surface area contributed by atoms with Gasteiger partial charge in [-0.1, -0.05) is 13.0 Å². The summed E-state index contributed by atoms with van der Waals surface area (Å²) in [5.74, 6) is -4.04. The van der Waals surface area contributed by atoms with Gasteiger partial charge in [0.25, 0.3) is 0 Å². The first-order valence-corrected chi connectivity index (χ1v) is 6.79. The van der Waals surface area contributed by atoms with E-state index in [2.05, 4.69) is 0 Å². The number of hydrogen-bond donors (Lipinski definition) is 0. The topological polar surface area (TPSA) is 42.2 Å². The molecule has 23 heavy (non-hydrogen) atoms. The van der Waals surface area contributed by atoms with Crippen molar-refractivity contribution in [1.29, 1.82) is 5.26 Å². The number of nitrogens with zero attached hydrogens (tertiary/aromatic N) is 1. The highest BCUT2D eigenvalue weighted by Crippen LogP contribution is 2.77. The van der Waals surface area contributed by atoms with Crippen molar-refractivity contribution in [3.05, 3.63) is 29.3 Å². The van der Waals surface area contributed by atoms with Crippen LogP contribution < -0.4 is 4.74 Å². The van der Waals surface area contributed by atoms with Gasteiger partial charge in [-0.25, -0.2) is 4.39 Å². The minimum Gasteiger partial charge on any atom is -0.493 e. The van der Waals surface area contributed by atoms with Crippen LogP contribution in [0.25, 0.3) is 0 Å². The van der Waals surface area contributed by atoms with Crippen molar-refractivity contribution in [3.63, 3.8) is 0 Å². The second-order valence-electron chi connectivity index (χ2n) is 6.05. The lowest BCUT2D eigenvalue weighted by atomic mass is 9.80. The Kier molecular flexibility index (Phi) is 3.18. The molecule has 2 aliphatic rings. The Morgan fingerprint density at radius 1 is 1.35 bits per heavy atom. The van der Waals surface area contributed by atoms with Gasteiger partial charge in [0, 0.05) is 16.9 Å². The van der Waals surface area contributed by atoms with Crippen LogP contribution in [0.1, 0.15) is 24.8 Å². The molecule has 2 fully saturated rings. The zero-order valence-electron chi connectivity index (χ0n) is 12.2. The van der Waals surface area contributed by atoms with Crippen molar-refractivity contribution in [2.75, 3.05) is 7.11 Å². The van der Waals surface area contributed by atoms with Crippen molar-refractivity contribution >= 4 is 0 Å². The maximum Gasteiger partial charge on any atom is 0.418 e. The molecule has 1 aromatic rings. The number of ether oxygens (including phenoxy) is 2. The quantitative estimate of drug-likeness (QED) is 0.775. The first kappa shape index (κ1) is 16.0. The van der Waals surface area contributed by atoms with Crippen molar-refractivity contribution in [2.24, 2.45) is 5.41 Å². The van der Waals surface area contributed by atoms with Gasteiger partial charge in [-0.3, -0.25) is 0 Å². The molecule has 0 N–H and O–H groups in total. The predicted octanol–water partition coefficient (Wildman–Crippen LogP) is 3.69. The highest BCUT2D eigenvalue weighted by atomic mass is 19.4.